The third-order valence-electron chi connectivity index (χ3n) is 3.53. The maximum Gasteiger partial charge on any atom is 0.171 e. The molecule has 0 spiro atoms. The fraction of sp³-hybridized carbons (Fsp3) is 0.462. The number of nitrogens with two attached hydrogens (primary N) is 1. The van der Waals surface area contributed by atoms with E-state index in [9.17, 15) is 10.2 Å². The van der Waals surface area contributed by atoms with Crippen LogP contribution < -0.4 is 11.3 Å². The summed E-state index contributed by atoms with van der Waals surface area (Å²) in [5.41, 5.74) is 3.39. The lowest BCUT2D eigenvalue weighted by Gasteiger charge is -2.17. The quantitative estimate of drug-likeness (QED) is 0.327. The zero-order chi connectivity index (χ0) is 15.7. The van der Waals surface area contributed by atoms with E-state index >= 15 is 0 Å². The fourth-order valence-corrected chi connectivity index (χ4v) is 2.52. The van der Waals surface area contributed by atoms with Gasteiger partial charge in [-0.3, -0.25) is 4.57 Å². The number of aromatic nitrogens is 4. The molecule has 3 rings (SSSR count). The van der Waals surface area contributed by atoms with E-state index in [1.807, 2.05) is 0 Å². The predicted octanol–water partition coefficient (Wildman–Crippen LogP) is -0.855. The van der Waals surface area contributed by atoms with E-state index in [1.165, 1.54) is 12.7 Å². The van der Waals surface area contributed by atoms with Crippen LogP contribution in [0, 0.1) is 11.8 Å². The van der Waals surface area contributed by atoms with Crippen molar-refractivity contribution < 1.29 is 14.9 Å². The average molecular weight is 304 g/mol. The highest BCUT2D eigenvalue weighted by Gasteiger charge is 2.39. The minimum Gasteiger partial charge on any atom is -0.388 e. The maximum absolute atomic E-state index is 10.2. The zero-order valence-electron chi connectivity index (χ0n) is 11.8. The number of nitrogens with one attached hydrogen (secondary N) is 1. The molecule has 0 saturated carbocycles. The molecule has 4 atom stereocenters. The summed E-state index contributed by atoms with van der Waals surface area (Å²) in [6, 6.07) is 0. The summed E-state index contributed by atoms with van der Waals surface area (Å²) in [6.45, 7) is 1.63. The van der Waals surface area contributed by atoms with Crippen LogP contribution in [-0.4, -0.2) is 48.0 Å². The number of nitrogens with zero attached hydrogens (tertiary/aromatic N) is 4. The average Bonchev–Trinajstić information content (AvgIpc) is 3.10. The smallest absolute Gasteiger partial charge is 0.171 e. The summed E-state index contributed by atoms with van der Waals surface area (Å²) < 4.78 is 7.31. The number of rotatable bonds is 3. The second-order valence-electron chi connectivity index (χ2n) is 4.90. The van der Waals surface area contributed by atoms with Crippen molar-refractivity contribution in [3.8, 4) is 11.8 Å². The molecule has 1 fully saturated rings. The second-order valence-corrected chi connectivity index (χ2v) is 4.90. The molecule has 5 N–H and O–H groups in total. The van der Waals surface area contributed by atoms with Gasteiger partial charge in [0.2, 0.25) is 0 Å². The highest BCUT2D eigenvalue weighted by atomic mass is 16.5. The number of hydrazine groups is 1. The van der Waals surface area contributed by atoms with E-state index in [2.05, 4.69) is 32.2 Å². The van der Waals surface area contributed by atoms with Crippen LogP contribution >= 0.6 is 0 Å². The van der Waals surface area contributed by atoms with Crippen molar-refractivity contribution in [3.63, 3.8) is 0 Å². The number of nitrogen functional groups attached to an aromatic ring is 1. The van der Waals surface area contributed by atoms with Gasteiger partial charge in [0.25, 0.3) is 0 Å². The number of imidazole rings is 1. The van der Waals surface area contributed by atoms with Crippen molar-refractivity contribution in [1.29, 1.82) is 0 Å². The minimum absolute atomic E-state index is 0.271. The Balaban J connectivity index is 1.93. The molecule has 9 nitrogen and oxygen atoms in total. The first kappa shape index (κ1) is 14.7. The van der Waals surface area contributed by atoms with Crippen molar-refractivity contribution in [1.82, 2.24) is 19.5 Å². The van der Waals surface area contributed by atoms with Crippen molar-refractivity contribution in [2.45, 2.75) is 37.9 Å². The van der Waals surface area contributed by atoms with E-state index in [0.717, 1.165) is 0 Å². The maximum atomic E-state index is 10.2. The molecule has 1 aliphatic rings. The van der Waals surface area contributed by atoms with Crippen LogP contribution in [0.1, 0.15) is 19.6 Å². The number of ether oxygens (including phenoxy) is 1. The van der Waals surface area contributed by atoms with Gasteiger partial charge in [0.05, 0.1) is 6.33 Å². The van der Waals surface area contributed by atoms with Gasteiger partial charge < -0.3 is 20.4 Å². The fourth-order valence-electron chi connectivity index (χ4n) is 2.52. The van der Waals surface area contributed by atoms with E-state index < -0.39 is 24.5 Å². The van der Waals surface area contributed by atoms with Crippen LogP contribution in [0.25, 0.3) is 11.2 Å². The topological polar surface area (TPSA) is 131 Å². The molecule has 0 amide bonds. The molecule has 2 aromatic heterocycles. The Morgan fingerprint density at radius 2 is 2.32 bits per heavy atom. The number of fused-ring (bicyclic) bond motifs is 1. The second kappa shape index (κ2) is 5.86. The summed E-state index contributed by atoms with van der Waals surface area (Å²) in [4.78, 5) is 12.3. The third kappa shape index (κ3) is 2.38. The molecule has 3 heterocycles. The first-order valence-corrected chi connectivity index (χ1v) is 6.73. The lowest BCUT2D eigenvalue weighted by atomic mass is 10.1. The van der Waals surface area contributed by atoms with Crippen LogP contribution in [0.3, 0.4) is 0 Å². The van der Waals surface area contributed by atoms with Crippen molar-refractivity contribution in [2.75, 3.05) is 5.43 Å². The SMILES string of the molecule is CC#C[C@@H](O)[C@@H]1C[C@@H](O)[C@H](n2cnc3c(NN)ncnc32)O1. The minimum atomic E-state index is -0.949. The first-order valence-electron chi connectivity index (χ1n) is 6.73. The van der Waals surface area contributed by atoms with Crippen LogP contribution in [-0.2, 0) is 4.74 Å². The highest BCUT2D eigenvalue weighted by Crippen LogP contribution is 2.32. The van der Waals surface area contributed by atoms with E-state index in [0.29, 0.717) is 17.0 Å². The van der Waals surface area contributed by atoms with Crippen molar-refractivity contribution >= 4 is 17.0 Å². The molecule has 0 radical (unpaired) electrons. The molecule has 1 saturated heterocycles. The molecule has 9 heteroatoms. The normalized spacial score (nSPS) is 25.7. The summed E-state index contributed by atoms with van der Waals surface area (Å²) in [7, 11) is 0. The summed E-state index contributed by atoms with van der Waals surface area (Å²) in [5, 5.41) is 20.1. The Morgan fingerprint density at radius 1 is 1.50 bits per heavy atom. The molecular formula is C13H16N6O3. The molecule has 0 bridgehead atoms. The lowest BCUT2D eigenvalue weighted by Crippen LogP contribution is -2.24. The molecule has 0 aromatic carbocycles. The Labute approximate surface area is 126 Å². The Morgan fingerprint density at radius 3 is 3.05 bits per heavy atom. The third-order valence-corrected chi connectivity index (χ3v) is 3.53. The standard InChI is InChI=1S/C13H16N6O3/c1-2-3-7(20)9-4-8(21)13(22-9)19-6-17-10-11(18-14)15-5-16-12(10)19/h5-9,13,20-21H,4,14H2,1H3,(H,15,16,18)/t7-,8-,9+,13-/m1/s1. The van der Waals surface area contributed by atoms with E-state index in [4.69, 9.17) is 10.6 Å². The van der Waals surface area contributed by atoms with Crippen molar-refractivity contribution in [3.05, 3.63) is 12.7 Å². The lowest BCUT2D eigenvalue weighted by molar-refractivity contribution is -0.0613. The van der Waals surface area contributed by atoms with Gasteiger partial charge in [0.15, 0.2) is 23.2 Å². The number of anilines is 1. The Kier molecular flexibility index (Phi) is 3.91. The Hall–Kier alpha value is -2.25. The molecule has 116 valence electrons. The number of aliphatic hydroxyl groups excluding tert-OH is 2. The summed E-state index contributed by atoms with van der Waals surface area (Å²) in [5.74, 6) is 11.0. The number of hydrogen-bond acceptors (Lipinski definition) is 8. The number of hydrogen-bond donors (Lipinski definition) is 4. The van der Waals surface area contributed by atoms with Crippen LogP contribution in [0.4, 0.5) is 5.82 Å². The molecular weight excluding hydrogens is 288 g/mol. The van der Waals surface area contributed by atoms with Gasteiger partial charge in [-0.25, -0.2) is 20.8 Å². The van der Waals surface area contributed by atoms with Gasteiger partial charge in [0.1, 0.15) is 24.6 Å². The van der Waals surface area contributed by atoms with Gasteiger partial charge in [-0.1, -0.05) is 5.92 Å². The predicted molar refractivity (Wildman–Crippen MR) is 77.1 cm³/mol. The van der Waals surface area contributed by atoms with Gasteiger partial charge in [0, 0.05) is 6.42 Å². The highest BCUT2D eigenvalue weighted by molar-refractivity contribution is 5.82. The van der Waals surface area contributed by atoms with Crippen LogP contribution in [0.2, 0.25) is 0 Å². The van der Waals surface area contributed by atoms with Crippen LogP contribution in [0.15, 0.2) is 12.7 Å². The molecule has 22 heavy (non-hydrogen) atoms. The van der Waals surface area contributed by atoms with Gasteiger partial charge in [-0.05, 0) is 6.92 Å². The monoisotopic (exact) mass is 304 g/mol. The molecule has 0 aliphatic carbocycles. The summed E-state index contributed by atoms with van der Waals surface area (Å²) in [6.07, 6.45) is 0.0750. The van der Waals surface area contributed by atoms with Gasteiger partial charge in [-0.2, -0.15) is 0 Å². The zero-order valence-corrected chi connectivity index (χ0v) is 11.8. The Bertz CT molecular complexity index is 736. The summed E-state index contributed by atoms with van der Waals surface area (Å²) >= 11 is 0. The first-order chi connectivity index (χ1) is 10.7. The van der Waals surface area contributed by atoms with Crippen molar-refractivity contribution in [2.24, 2.45) is 5.84 Å². The largest absolute Gasteiger partial charge is 0.388 e. The van der Waals surface area contributed by atoms with Crippen LogP contribution in [0.5, 0.6) is 0 Å². The van der Waals surface area contributed by atoms with E-state index in [-0.39, 0.29) is 6.42 Å². The van der Waals surface area contributed by atoms with Gasteiger partial charge >= 0.3 is 0 Å². The molecule has 0 unspecified atom stereocenters. The van der Waals surface area contributed by atoms with Gasteiger partial charge in [-0.15, -0.1) is 5.92 Å². The molecule has 2 aromatic rings. The molecule has 1 aliphatic heterocycles. The van der Waals surface area contributed by atoms with E-state index in [1.54, 1.807) is 11.5 Å². The number of aliphatic hydroxyl groups is 2.